The first-order chi connectivity index (χ1) is 12.8. The van der Waals surface area contributed by atoms with E-state index in [9.17, 15) is 4.79 Å². The number of nitrogens with one attached hydrogen (secondary N) is 1. The van der Waals surface area contributed by atoms with Crippen molar-refractivity contribution in [3.8, 4) is 0 Å². The van der Waals surface area contributed by atoms with Crippen molar-refractivity contribution in [2.24, 2.45) is 0 Å². The summed E-state index contributed by atoms with van der Waals surface area (Å²) in [5.74, 6) is 0.279. The summed E-state index contributed by atoms with van der Waals surface area (Å²) in [6.07, 6.45) is 3.84. The van der Waals surface area contributed by atoms with Gasteiger partial charge in [0.25, 0.3) is 0 Å². The van der Waals surface area contributed by atoms with Gasteiger partial charge in [-0.25, -0.2) is 0 Å². The fraction of sp³-hybridized carbons (Fsp3) is 0.667. The fourth-order valence-electron chi connectivity index (χ4n) is 4.10. The number of rotatable bonds is 7. The summed E-state index contributed by atoms with van der Waals surface area (Å²) < 4.78 is 5.51. The van der Waals surface area contributed by atoms with E-state index in [-0.39, 0.29) is 36.8 Å². The Balaban J connectivity index is 0.00000196. The number of nitrogens with zero attached hydrogens (tertiary/aromatic N) is 2. The molecule has 2 heterocycles. The van der Waals surface area contributed by atoms with Crippen LogP contribution in [0.5, 0.6) is 0 Å². The highest BCUT2D eigenvalue weighted by Crippen LogP contribution is 2.20. The van der Waals surface area contributed by atoms with Crippen LogP contribution < -0.4 is 5.32 Å². The third-order valence-electron chi connectivity index (χ3n) is 5.37. The Morgan fingerprint density at radius 2 is 2.07 bits per heavy atom. The van der Waals surface area contributed by atoms with Gasteiger partial charge in [0.2, 0.25) is 5.91 Å². The molecule has 5 nitrogen and oxygen atoms in total. The molecule has 7 heteroatoms. The van der Waals surface area contributed by atoms with Gasteiger partial charge in [0.05, 0.1) is 13.2 Å². The van der Waals surface area contributed by atoms with Gasteiger partial charge in [-0.2, -0.15) is 0 Å². The predicted octanol–water partition coefficient (Wildman–Crippen LogP) is 3.11. The molecular weight excluding hydrogens is 397 g/mol. The summed E-state index contributed by atoms with van der Waals surface area (Å²) in [5, 5.41) is 3.41. The number of halogens is 2. The van der Waals surface area contributed by atoms with Gasteiger partial charge in [-0.15, -0.1) is 24.8 Å². The highest BCUT2D eigenvalue weighted by atomic mass is 35.5. The second kappa shape index (κ2) is 13.4. The summed E-state index contributed by atoms with van der Waals surface area (Å²) in [6, 6.07) is 11.1. The van der Waals surface area contributed by atoms with E-state index in [0.29, 0.717) is 19.1 Å². The molecule has 0 spiro atoms. The molecule has 2 aliphatic heterocycles. The van der Waals surface area contributed by atoms with Gasteiger partial charge in [-0.1, -0.05) is 37.3 Å². The zero-order valence-corrected chi connectivity index (χ0v) is 18.5. The molecule has 1 N–H and O–H groups in total. The first kappa shape index (κ1) is 25.2. The molecule has 1 amide bonds. The Kier molecular flexibility index (Phi) is 12.0. The smallest absolute Gasteiger partial charge is 0.224 e. The maximum Gasteiger partial charge on any atom is 0.224 e. The van der Waals surface area contributed by atoms with E-state index in [4.69, 9.17) is 4.74 Å². The van der Waals surface area contributed by atoms with Crippen LogP contribution in [-0.4, -0.2) is 67.2 Å². The average molecular weight is 432 g/mol. The largest absolute Gasteiger partial charge is 0.378 e. The number of likely N-dealkylation sites (tertiary alicyclic amines) is 1. The molecule has 3 rings (SSSR count). The van der Waals surface area contributed by atoms with Crippen LogP contribution in [0, 0.1) is 0 Å². The van der Waals surface area contributed by atoms with E-state index >= 15 is 0 Å². The molecule has 0 aromatic heterocycles. The van der Waals surface area contributed by atoms with Crippen LogP contribution in [0.2, 0.25) is 0 Å². The summed E-state index contributed by atoms with van der Waals surface area (Å²) in [6.45, 7) is 8.34. The Morgan fingerprint density at radius 1 is 1.29 bits per heavy atom. The summed E-state index contributed by atoms with van der Waals surface area (Å²) in [7, 11) is 0. The van der Waals surface area contributed by atoms with Crippen molar-refractivity contribution in [1.82, 2.24) is 15.1 Å². The molecule has 2 unspecified atom stereocenters. The molecule has 28 heavy (non-hydrogen) atoms. The lowest BCUT2D eigenvalue weighted by molar-refractivity contribution is -0.136. The van der Waals surface area contributed by atoms with Crippen molar-refractivity contribution in [3.05, 3.63) is 35.9 Å². The van der Waals surface area contributed by atoms with Crippen LogP contribution >= 0.6 is 24.8 Å². The maximum atomic E-state index is 13.0. The Hall–Kier alpha value is -0.850. The number of carbonyl (C=O) groups excluding carboxylic acids is 1. The second-order valence-corrected chi connectivity index (χ2v) is 7.53. The standard InChI is InChI=1S/C21H33N3O2.2ClH/c1-2-11-24(21(25)14-19-17-26-13-10-22-19)20-9-6-12-23(16-20)15-18-7-4-3-5-8-18;;/h3-5,7-8,19-20,22H,2,6,9-17H2,1H3;2*1H. The number of amides is 1. The lowest BCUT2D eigenvalue weighted by atomic mass is 10.0. The zero-order chi connectivity index (χ0) is 18.2. The van der Waals surface area contributed by atoms with Crippen molar-refractivity contribution in [2.75, 3.05) is 39.4 Å². The topological polar surface area (TPSA) is 44.8 Å². The Bertz CT molecular complexity index is 556. The maximum absolute atomic E-state index is 13.0. The van der Waals surface area contributed by atoms with E-state index in [1.807, 2.05) is 0 Å². The molecular formula is C21H35Cl2N3O2. The lowest BCUT2D eigenvalue weighted by Gasteiger charge is -2.40. The minimum Gasteiger partial charge on any atom is -0.378 e. The predicted molar refractivity (Wildman–Crippen MR) is 118 cm³/mol. The normalized spacial score (nSPS) is 22.6. The minimum atomic E-state index is 0. The van der Waals surface area contributed by atoms with Crippen LogP contribution in [0.4, 0.5) is 0 Å². The number of hydrogen-bond acceptors (Lipinski definition) is 4. The number of benzene rings is 1. The zero-order valence-electron chi connectivity index (χ0n) is 16.8. The number of piperidine rings is 1. The van der Waals surface area contributed by atoms with Crippen molar-refractivity contribution in [2.45, 2.75) is 51.2 Å². The number of carbonyl (C=O) groups is 1. The summed E-state index contributed by atoms with van der Waals surface area (Å²) in [4.78, 5) is 17.6. The third kappa shape index (κ3) is 7.53. The number of hydrogen-bond donors (Lipinski definition) is 1. The Labute approximate surface area is 182 Å². The van der Waals surface area contributed by atoms with E-state index in [1.165, 1.54) is 5.56 Å². The third-order valence-corrected chi connectivity index (χ3v) is 5.37. The SMILES string of the molecule is CCCN(C(=O)CC1COCCN1)C1CCCN(Cc2ccccc2)C1.Cl.Cl. The van der Waals surface area contributed by atoms with E-state index in [1.54, 1.807) is 0 Å². The van der Waals surface area contributed by atoms with Crippen molar-refractivity contribution in [1.29, 1.82) is 0 Å². The molecule has 0 bridgehead atoms. The van der Waals surface area contributed by atoms with Crippen molar-refractivity contribution in [3.63, 3.8) is 0 Å². The van der Waals surface area contributed by atoms with Gasteiger partial charge in [-0.05, 0) is 31.4 Å². The van der Waals surface area contributed by atoms with Crippen LogP contribution in [0.1, 0.15) is 38.2 Å². The quantitative estimate of drug-likeness (QED) is 0.719. The van der Waals surface area contributed by atoms with Crippen molar-refractivity contribution < 1.29 is 9.53 Å². The van der Waals surface area contributed by atoms with Crippen molar-refractivity contribution >= 4 is 30.7 Å². The average Bonchev–Trinajstić information content (AvgIpc) is 2.68. The second-order valence-electron chi connectivity index (χ2n) is 7.53. The highest BCUT2D eigenvalue weighted by molar-refractivity contribution is 5.85. The van der Waals surface area contributed by atoms with Gasteiger partial charge in [-0.3, -0.25) is 9.69 Å². The number of ether oxygens (including phenoxy) is 1. The molecule has 2 aliphatic rings. The monoisotopic (exact) mass is 431 g/mol. The van der Waals surface area contributed by atoms with E-state index in [0.717, 1.165) is 58.6 Å². The lowest BCUT2D eigenvalue weighted by Crippen LogP contribution is -2.52. The van der Waals surface area contributed by atoms with Crippen LogP contribution in [0.25, 0.3) is 0 Å². The first-order valence-electron chi connectivity index (χ1n) is 10.1. The Morgan fingerprint density at radius 3 is 2.75 bits per heavy atom. The van der Waals surface area contributed by atoms with Gasteiger partial charge in [0.15, 0.2) is 0 Å². The van der Waals surface area contributed by atoms with Gasteiger partial charge < -0.3 is 15.0 Å². The first-order valence-corrected chi connectivity index (χ1v) is 10.1. The molecule has 2 fully saturated rings. The van der Waals surface area contributed by atoms with E-state index in [2.05, 4.69) is 52.4 Å². The van der Waals surface area contributed by atoms with Crippen LogP contribution in [0.3, 0.4) is 0 Å². The highest BCUT2D eigenvalue weighted by Gasteiger charge is 2.29. The summed E-state index contributed by atoms with van der Waals surface area (Å²) in [5.41, 5.74) is 1.35. The van der Waals surface area contributed by atoms with Gasteiger partial charge >= 0.3 is 0 Å². The molecule has 2 saturated heterocycles. The fourth-order valence-corrected chi connectivity index (χ4v) is 4.10. The molecule has 0 saturated carbocycles. The molecule has 1 aromatic carbocycles. The van der Waals surface area contributed by atoms with Gasteiger partial charge in [0, 0.05) is 44.7 Å². The molecule has 1 aromatic rings. The van der Waals surface area contributed by atoms with Crippen LogP contribution in [-0.2, 0) is 16.1 Å². The van der Waals surface area contributed by atoms with Gasteiger partial charge in [0.1, 0.15) is 0 Å². The minimum absolute atomic E-state index is 0. The molecule has 0 aliphatic carbocycles. The number of morpholine rings is 1. The summed E-state index contributed by atoms with van der Waals surface area (Å²) >= 11 is 0. The molecule has 160 valence electrons. The molecule has 0 radical (unpaired) electrons. The van der Waals surface area contributed by atoms with E-state index < -0.39 is 0 Å². The molecule has 2 atom stereocenters. The van der Waals surface area contributed by atoms with Crippen LogP contribution in [0.15, 0.2) is 30.3 Å².